The molecule has 0 saturated heterocycles. The van der Waals surface area contributed by atoms with Gasteiger partial charge in [-0.3, -0.25) is 15.0 Å². The van der Waals surface area contributed by atoms with Crippen molar-refractivity contribution in [1.29, 1.82) is 0 Å². The Morgan fingerprint density at radius 3 is 2.66 bits per heavy atom. The summed E-state index contributed by atoms with van der Waals surface area (Å²) in [5, 5.41) is 6.42. The van der Waals surface area contributed by atoms with Crippen LogP contribution in [0.25, 0.3) is 10.8 Å². The first-order chi connectivity index (χ1) is 15.6. The second-order valence-electron chi connectivity index (χ2n) is 7.50. The Morgan fingerprint density at radius 1 is 1.03 bits per heavy atom. The summed E-state index contributed by atoms with van der Waals surface area (Å²) in [5.41, 5.74) is 3.84. The first kappa shape index (κ1) is 19.7. The summed E-state index contributed by atoms with van der Waals surface area (Å²) in [6.45, 7) is 1.65. The maximum atomic E-state index is 13.2. The molecule has 0 aliphatic carbocycles. The molecule has 2 atom stereocenters. The highest BCUT2D eigenvalue weighted by atomic mass is 16.5. The van der Waals surface area contributed by atoms with Crippen molar-refractivity contribution in [2.75, 3.05) is 5.32 Å². The van der Waals surface area contributed by atoms with E-state index in [0.717, 1.165) is 10.8 Å². The molecular formula is C25H21N3O4. The summed E-state index contributed by atoms with van der Waals surface area (Å²) in [6, 6.07) is 24.1. The molecule has 7 nitrogen and oxygen atoms in total. The van der Waals surface area contributed by atoms with Crippen LogP contribution in [0.1, 0.15) is 29.2 Å². The van der Waals surface area contributed by atoms with Crippen LogP contribution in [0.5, 0.6) is 5.75 Å². The lowest BCUT2D eigenvalue weighted by Crippen LogP contribution is -2.55. The Hall–Kier alpha value is -4.26. The van der Waals surface area contributed by atoms with Crippen LogP contribution in [0.2, 0.25) is 0 Å². The lowest BCUT2D eigenvalue weighted by Gasteiger charge is -2.36. The van der Waals surface area contributed by atoms with Gasteiger partial charge in [0.15, 0.2) is 12.3 Å². The lowest BCUT2D eigenvalue weighted by atomic mass is 10.1. The molecule has 32 heavy (non-hydrogen) atoms. The van der Waals surface area contributed by atoms with Crippen LogP contribution in [0.3, 0.4) is 0 Å². The Bertz CT molecular complexity index is 1280. The van der Waals surface area contributed by atoms with Gasteiger partial charge in [-0.2, -0.15) is 0 Å². The summed E-state index contributed by atoms with van der Waals surface area (Å²) in [6.07, 6.45) is -0.0158. The number of benzene rings is 3. The van der Waals surface area contributed by atoms with Crippen molar-refractivity contribution in [3.8, 4) is 5.75 Å². The molecule has 2 N–H and O–H groups in total. The minimum absolute atomic E-state index is 0.341. The van der Waals surface area contributed by atoms with E-state index in [1.807, 2.05) is 54.6 Å². The van der Waals surface area contributed by atoms with Crippen molar-refractivity contribution in [1.82, 2.24) is 10.4 Å². The number of anilines is 1. The molecule has 0 fully saturated rings. The smallest absolute Gasteiger partial charge is 0.279 e. The predicted molar refractivity (Wildman–Crippen MR) is 120 cm³/mol. The standard InChI is InChI=1S/C25H21N3O4/c1-16(32-21-13-6-9-17-8-2-3-10-18(17)21)24(29)27-28-23(22-14-7-15-31-22)26-20-12-5-4-11-19(20)25(28)30/h2-16,23,26H,1H3,(H,27,29). The zero-order valence-corrected chi connectivity index (χ0v) is 17.3. The second kappa shape index (κ2) is 8.11. The summed E-state index contributed by atoms with van der Waals surface area (Å²) in [4.78, 5) is 26.2. The highest BCUT2D eigenvalue weighted by Crippen LogP contribution is 2.32. The molecule has 160 valence electrons. The maximum Gasteiger partial charge on any atom is 0.279 e. The molecule has 2 heterocycles. The van der Waals surface area contributed by atoms with Gasteiger partial charge >= 0.3 is 0 Å². The number of furan rings is 1. The molecule has 1 aromatic heterocycles. The number of carbonyl (C=O) groups is 2. The van der Waals surface area contributed by atoms with Crippen molar-refractivity contribution < 1.29 is 18.7 Å². The summed E-state index contributed by atoms with van der Waals surface area (Å²) < 4.78 is 11.5. The number of amides is 2. The Labute approximate surface area is 184 Å². The van der Waals surface area contributed by atoms with Gasteiger partial charge in [-0.25, -0.2) is 5.01 Å². The monoisotopic (exact) mass is 427 g/mol. The van der Waals surface area contributed by atoms with E-state index in [0.29, 0.717) is 22.8 Å². The third-order valence-corrected chi connectivity index (χ3v) is 5.39. The van der Waals surface area contributed by atoms with E-state index in [2.05, 4.69) is 10.7 Å². The van der Waals surface area contributed by atoms with Gasteiger partial charge in [0, 0.05) is 11.1 Å². The van der Waals surface area contributed by atoms with Gasteiger partial charge in [-0.15, -0.1) is 0 Å². The van der Waals surface area contributed by atoms with E-state index >= 15 is 0 Å². The zero-order valence-electron chi connectivity index (χ0n) is 17.3. The van der Waals surface area contributed by atoms with E-state index in [4.69, 9.17) is 9.15 Å². The number of ether oxygens (including phenoxy) is 1. The normalized spacial score (nSPS) is 16.2. The summed E-state index contributed by atoms with van der Waals surface area (Å²) >= 11 is 0. The SMILES string of the molecule is CC(Oc1cccc2ccccc12)C(=O)NN1C(=O)c2ccccc2NC1c1ccco1. The first-order valence-corrected chi connectivity index (χ1v) is 10.3. The van der Waals surface area contributed by atoms with E-state index in [1.54, 1.807) is 31.2 Å². The molecule has 0 spiro atoms. The topological polar surface area (TPSA) is 83.8 Å². The number of hydrogen-bond acceptors (Lipinski definition) is 5. The van der Waals surface area contributed by atoms with Crippen molar-refractivity contribution in [3.63, 3.8) is 0 Å². The molecule has 2 unspecified atom stereocenters. The van der Waals surface area contributed by atoms with Gasteiger partial charge in [0.05, 0.1) is 11.8 Å². The molecule has 7 heteroatoms. The molecule has 3 aromatic carbocycles. The average molecular weight is 427 g/mol. The van der Waals surface area contributed by atoms with E-state index < -0.39 is 18.2 Å². The van der Waals surface area contributed by atoms with Crippen LogP contribution < -0.4 is 15.5 Å². The largest absolute Gasteiger partial charge is 0.480 e. The van der Waals surface area contributed by atoms with Crippen molar-refractivity contribution in [2.24, 2.45) is 0 Å². The Kier molecular flexibility index (Phi) is 4.99. The molecule has 0 saturated carbocycles. The van der Waals surface area contributed by atoms with E-state index in [1.165, 1.54) is 11.3 Å². The van der Waals surface area contributed by atoms with Crippen molar-refractivity contribution >= 4 is 28.3 Å². The number of carbonyl (C=O) groups excluding carboxylic acids is 2. The minimum Gasteiger partial charge on any atom is -0.480 e. The van der Waals surface area contributed by atoms with Gasteiger partial charge in [0.25, 0.3) is 11.8 Å². The van der Waals surface area contributed by atoms with Gasteiger partial charge in [0.1, 0.15) is 11.5 Å². The Morgan fingerprint density at radius 2 is 1.81 bits per heavy atom. The van der Waals surface area contributed by atoms with Crippen LogP contribution in [-0.2, 0) is 4.79 Å². The highest BCUT2D eigenvalue weighted by molar-refractivity contribution is 6.02. The number of hydrazine groups is 1. The molecular weight excluding hydrogens is 406 g/mol. The molecule has 5 rings (SSSR count). The average Bonchev–Trinajstić information content (AvgIpc) is 3.36. The number of nitrogens with one attached hydrogen (secondary N) is 2. The third kappa shape index (κ3) is 3.54. The van der Waals surface area contributed by atoms with E-state index in [-0.39, 0.29) is 5.91 Å². The Balaban J connectivity index is 1.39. The fourth-order valence-electron chi connectivity index (χ4n) is 3.77. The highest BCUT2D eigenvalue weighted by Gasteiger charge is 2.36. The van der Waals surface area contributed by atoms with Gasteiger partial charge < -0.3 is 14.5 Å². The molecule has 1 aliphatic rings. The van der Waals surface area contributed by atoms with Gasteiger partial charge in [-0.1, -0.05) is 48.5 Å². The summed E-state index contributed by atoms with van der Waals surface area (Å²) in [5.74, 6) is 0.299. The first-order valence-electron chi connectivity index (χ1n) is 10.3. The maximum absolute atomic E-state index is 13.2. The quantitative estimate of drug-likeness (QED) is 0.490. The fraction of sp³-hybridized carbons (Fsp3) is 0.120. The molecule has 1 aliphatic heterocycles. The number of para-hydroxylation sites is 1. The van der Waals surface area contributed by atoms with Crippen molar-refractivity contribution in [3.05, 3.63) is 96.4 Å². The van der Waals surface area contributed by atoms with Gasteiger partial charge in [0.2, 0.25) is 0 Å². The number of rotatable bonds is 5. The lowest BCUT2D eigenvalue weighted by molar-refractivity contribution is -0.132. The van der Waals surface area contributed by atoms with Crippen LogP contribution in [0.4, 0.5) is 5.69 Å². The number of hydrogen-bond donors (Lipinski definition) is 2. The van der Waals surface area contributed by atoms with Gasteiger partial charge in [-0.05, 0) is 42.6 Å². The molecule has 0 bridgehead atoms. The van der Waals surface area contributed by atoms with Crippen LogP contribution in [0.15, 0.2) is 89.5 Å². The van der Waals surface area contributed by atoms with Crippen LogP contribution >= 0.6 is 0 Å². The molecule has 4 aromatic rings. The van der Waals surface area contributed by atoms with Crippen LogP contribution in [-0.4, -0.2) is 22.9 Å². The third-order valence-electron chi connectivity index (χ3n) is 5.39. The number of nitrogens with zero attached hydrogens (tertiary/aromatic N) is 1. The minimum atomic E-state index is -0.844. The summed E-state index contributed by atoms with van der Waals surface area (Å²) in [7, 11) is 0. The predicted octanol–water partition coefficient (Wildman–Crippen LogP) is 4.50. The molecule has 2 amide bonds. The molecule has 0 radical (unpaired) electrons. The van der Waals surface area contributed by atoms with Crippen LogP contribution in [0, 0.1) is 0 Å². The fourth-order valence-corrected chi connectivity index (χ4v) is 3.77. The van der Waals surface area contributed by atoms with E-state index in [9.17, 15) is 9.59 Å². The van der Waals surface area contributed by atoms with Crippen molar-refractivity contribution in [2.45, 2.75) is 19.2 Å². The number of fused-ring (bicyclic) bond motifs is 2. The zero-order chi connectivity index (χ0) is 22.1. The second-order valence-corrected chi connectivity index (χ2v) is 7.50.